The standard InChI is InChI=1S/C9H15FN2/c1-3-5-6-12-7-8(10)9(4-2)11-12/h7H,3-6H2,1-2H3. The Morgan fingerprint density at radius 2 is 2.25 bits per heavy atom. The number of hydrogen-bond acceptors (Lipinski definition) is 1. The third kappa shape index (κ3) is 2.06. The Morgan fingerprint density at radius 3 is 2.75 bits per heavy atom. The number of nitrogens with zero attached hydrogens (tertiary/aromatic N) is 2. The second-order valence-electron chi connectivity index (χ2n) is 2.89. The third-order valence-electron chi connectivity index (χ3n) is 1.86. The van der Waals surface area contributed by atoms with Crippen molar-refractivity contribution in [3.63, 3.8) is 0 Å². The van der Waals surface area contributed by atoms with Gasteiger partial charge in [-0.2, -0.15) is 5.10 Å². The van der Waals surface area contributed by atoms with Crippen LogP contribution in [0.5, 0.6) is 0 Å². The van der Waals surface area contributed by atoms with Crippen molar-refractivity contribution in [2.75, 3.05) is 0 Å². The van der Waals surface area contributed by atoms with E-state index in [-0.39, 0.29) is 5.82 Å². The van der Waals surface area contributed by atoms with Crippen LogP contribution in [0.1, 0.15) is 32.4 Å². The van der Waals surface area contributed by atoms with Gasteiger partial charge in [-0.3, -0.25) is 4.68 Å². The van der Waals surface area contributed by atoms with Gasteiger partial charge in [-0.05, 0) is 12.8 Å². The second-order valence-corrected chi connectivity index (χ2v) is 2.89. The van der Waals surface area contributed by atoms with Gasteiger partial charge in [0.05, 0.1) is 11.9 Å². The number of unbranched alkanes of at least 4 members (excludes halogenated alkanes) is 1. The molecule has 0 bridgehead atoms. The molecule has 1 rings (SSSR count). The van der Waals surface area contributed by atoms with Gasteiger partial charge < -0.3 is 0 Å². The van der Waals surface area contributed by atoms with Crippen molar-refractivity contribution in [2.45, 2.75) is 39.7 Å². The summed E-state index contributed by atoms with van der Waals surface area (Å²) in [6.45, 7) is 4.85. The molecule has 0 aromatic carbocycles. The molecule has 0 atom stereocenters. The van der Waals surface area contributed by atoms with Crippen LogP contribution < -0.4 is 0 Å². The van der Waals surface area contributed by atoms with Gasteiger partial charge in [0, 0.05) is 6.54 Å². The first-order valence-electron chi connectivity index (χ1n) is 4.49. The lowest BCUT2D eigenvalue weighted by Gasteiger charge is -1.96. The van der Waals surface area contributed by atoms with E-state index in [0.717, 1.165) is 19.4 Å². The van der Waals surface area contributed by atoms with Gasteiger partial charge >= 0.3 is 0 Å². The minimum absolute atomic E-state index is 0.173. The van der Waals surface area contributed by atoms with Crippen molar-refractivity contribution in [2.24, 2.45) is 0 Å². The van der Waals surface area contributed by atoms with E-state index in [1.54, 1.807) is 4.68 Å². The molecular formula is C9H15FN2. The molecule has 1 aromatic heterocycles. The zero-order valence-corrected chi connectivity index (χ0v) is 7.68. The Balaban J connectivity index is 2.62. The summed E-state index contributed by atoms with van der Waals surface area (Å²) >= 11 is 0. The lowest BCUT2D eigenvalue weighted by molar-refractivity contribution is 0.562. The van der Waals surface area contributed by atoms with Crippen LogP contribution in [0.15, 0.2) is 6.20 Å². The van der Waals surface area contributed by atoms with Gasteiger partial charge in [-0.15, -0.1) is 0 Å². The molecule has 0 aliphatic carbocycles. The molecule has 0 fully saturated rings. The average Bonchev–Trinajstić information content (AvgIpc) is 2.43. The van der Waals surface area contributed by atoms with E-state index >= 15 is 0 Å². The lowest BCUT2D eigenvalue weighted by atomic mass is 10.3. The summed E-state index contributed by atoms with van der Waals surface area (Å²) in [5.74, 6) is -0.173. The molecule has 0 N–H and O–H groups in total. The van der Waals surface area contributed by atoms with Crippen LogP contribution in [-0.4, -0.2) is 9.78 Å². The molecular weight excluding hydrogens is 155 g/mol. The summed E-state index contributed by atoms with van der Waals surface area (Å²) in [6.07, 6.45) is 4.33. The quantitative estimate of drug-likeness (QED) is 0.678. The fraction of sp³-hybridized carbons (Fsp3) is 0.667. The highest BCUT2D eigenvalue weighted by Gasteiger charge is 2.04. The fourth-order valence-corrected chi connectivity index (χ4v) is 1.11. The zero-order valence-electron chi connectivity index (χ0n) is 7.68. The van der Waals surface area contributed by atoms with Crippen molar-refractivity contribution in [1.29, 1.82) is 0 Å². The Morgan fingerprint density at radius 1 is 1.50 bits per heavy atom. The lowest BCUT2D eigenvalue weighted by Crippen LogP contribution is -1.98. The molecule has 1 heterocycles. The van der Waals surface area contributed by atoms with Gasteiger partial charge in [-0.1, -0.05) is 20.3 Å². The Hall–Kier alpha value is -0.860. The van der Waals surface area contributed by atoms with Crippen LogP contribution in [0.3, 0.4) is 0 Å². The maximum atomic E-state index is 13.0. The number of halogens is 1. The van der Waals surface area contributed by atoms with Gasteiger partial charge in [-0.25, -0.2) is 4.39 Å². The average molecular weight is 170 g/mol. The Kier molecular flexibility index (Phi) is 3.26. The highest BCUT2D eigenvalue weighted by Crippen LogP contribution is 2.05. The SMILES string of the molecule is CCCCn1cc(F)c(CC)n1. The van der Waals surface area contributed by atoms with E-state index in [2.05, 4.69) is 12.0 Å². The van der Waals surface area contributed by atoms with E-state index in [0.29, 0.717) is 12.1 Å². The number of aromatic nitrogens is 2. The molecule has 12 heavy (non-hydrogen) atoms. The summed E-state index contributed by atoms with van der Waals surface area (Å²) in [7, 11) is 0. The molecule has 0 radical (unpaired) electrons. The van der Waals surface area contributed by atoms with Crippen molar-refractivity contribution in [1.82, 2.24) is 9.78 Å². The molecule has 2 nitrogen and oxygen atoms in total. The largest absolute Gasteiger partial charge is 0.269 e. The zero-order chi connectivity index (χ0) is 8.97. The first-order valence-corrected chi connectivity index (χ1v) is 4.49. The Labute approximate surface area is 72.4 Å². The van der Waals surface area contributed by atoms with Gasteiger partial charge in [0.25, 0.3) is 0 Å². The molecule has 0 aliphatic heterocycles. The van der Waals surface area contributed by atoms with Crippen molar-refractivity contribution in [3.8, 4) is 0 Å². The molecule has 3 heteroatoms. The van der Waals surface area contributed by atoms with E-state index in [4.69, 9.17) is 0 Å². The summed E-state index contributed by atoms with van der Waals surface area (Å²) in [4.78, 5) is 0. The third-order valence-corrected chi connectivity index (χ3v) is 1.86. The van der Waals surface area contributed by atoms with Crippen LogP contribution >= 0.6 is 0 Å². The molecule has 0 saturated carbocycles. The van der Waals surface area contributed by atoms with Crippen molar-refractivity contribution >= 4 is 0 Å². The van der Waals surface area contributed by atoms with E-state index in [1.807, 2.05) is 6.92 Å². The smallest absolute Gasteiger partial charge is 0.164 e. The van der Waals surface area contributed by atoms with Crippen LogP contribution in [0, 0.1) is 5.82 Å². The number of aryl methyl sites for hydroxylation is 2. The van der Waals surface area contributed by atoms with Gasteiger partial charge in [0.2, 0.25) is 0 Å². The number of hydrogen-bond donors (Lipinski definition) is 0. The molecule has 1 aromatic rings. The maximum absolute atomic E-state index is 13.0. The summed E-state index contributed by atoms with van der Waals surface area (Å²) in [5, 5.41) is 4.11. The monoisotopic (exact) mass is 170 g/mol. The first-order chi connectivity index (χ1) is 5.77. The van der Waals surface area contributed by atoms with E-state index in [1.165, 1.54) is 6.20 Å². The first kappa shape index (κ1) is 9.23. The molecule has 0 unspecified atom stereocenters. The maximum Gasteiger partial charge on any atom is 0.164 e. The minimum Gasteiger partial charge on any atom is -0.269 e. The normalized spacial score (nSPS) is 10.6. The molecule has 0 aliphatic rings. The highest BCUT2D eigenvalue weighted by molar-refractivity contribution is 5.02. The predicted octanol–water partition coefficient (Wildman–Crippen LogP) is 2.38. The van der Waals surface area contributed by atoms with Crippen LogP contribution in [0.2, 0.25) is 0 Å². The predicted molar refractivity (Wildman–Crippen MR) is 46.5 cm³/mol. The molecule has 68 valence electrons. The molecule has 0 spiro atoms. The van der Waals surface area contributed by atoms with Crippen LogP contribution in [0.4, 0.5) is 4.39 Å². The summed E-state index contributed by atoms with van der Waals surface area (Å²) in [5.41, 5.74) is 0.575. The highest BCUT2D eigenvalue weighted by atomic mass is 19.1. The van der Waals surface area contributed by atoms with E-state index < -0.39 is 0 Å². The molecule has 0 amide bonds. The van der Waals surface area contributed by atoms with Crippen LogP contribution in [-0.2, 0) is 13.0 Å². The van der Waals surface area contributed by atoms with Gasteiger partial charge in [0.1, 0.15) is 0 Å². The summed E-state index contributed by atoms with van der Waals surface area (Å²) < 4.78 is 14.6. The second kappa shape index (κ2) is 4.24. The Bertz CT molecular complexity index is 243. The topological polar surface area (TPSA) is 17.8 Å². The minimum atomic E-state index is -0.173. The fourth-order valence-electron chi connectivity index (χ4n) is 1.11. The van der Waals surface area contributed by atoms with Crippen molar-refractivity contribution in [3.05, 3.63) is 17.7 Å². The van der Waals surface area contributed by atoms with Crippen LogP contribution in [0.25, 0.3) is 0 Å². The number of rotatable bonds is 4. The van der Waals surface area contributed by atoms with E-state index in [9.17, 15) is 4.39 Å². The summed E-state index contributed by atoms with van der Waals surface area (Å²) in [6, 6.07) is 0. The van der Waals surface area contributed by atoms with Gasteiger partial charge in [0.15, 0.2) is 5.82 Å². The van der Waals surface area contributed by atoms with Crippen molar-refractivity contribution < 1.29 is 4.39 Å². The molecule has 0 saturated heterocycles.